The Balaban J connectivity index is 0.000000960. The summed E-state index contributed by atoms with van der Waals surface area (Å²) in [6, 6.07) is 0. The molecule has 3 saturated carbocycles. The van der Waals surface area contributed by atoms with Crippen molar-refractivity contribution in [1.82, 2.24) is 9.80 Å². The Bertz CT molecular complexity index is 351. The number of hydrogen-bond acceptors (Lipinski definition) is 2. The predicted octanol–water partition coefficient (Wildman–Crippen LogP) is 4.61. The van der Waals surface area contributed by atoms with Gasteiger partial charge in [0.1, 0.15) is 0 Å². The molecule has 2 aliphatic heterocycles. The van der Waals surface area contributed by atoms with Gasteiger partial charge in [-0.15, -0.1) is 24.8 Å². The Morgan fingerprint density at radius 2 is 1.39 bits per heavy atom. The van der Waals surface area contributed by atoms with E-state index in [0.717, 1.165) is 17.3 Å². The van der Waals surface area contributed by atoms with Crippen LogP contribution in [0, 0.1) is 17.3 Å². The highest BCUT2D eigenvalue weighted by Crippen LogP contribution is 2.56. The Morgan fingerprint density at radius 1 is 0.739 bits per heavy atom. The highest BCUT2D eigenvalue weighted by molar-refractivity contribution is 5.85. The number of halogens is 2. The van der Waals surface area contributed by atoms with E-state index in [1.165, 1.54) is 65.0 Å². The lowest BCUT2D eigenvalue weighted by Gasteiger charge is -2.56. The molecule has 2 bridgehead atoms. The summed E-state index contributed by atoms with van der Waals surface area (Å²) in [4.78, 5) is 5.57. The van der Waals surface area contributed by atoms with Gasteiger partial charge in [0.15, 0.2) is 0 Å². The predicted molar refractivity (Wildman–Crippen MR) is 103 cm³/mol. The van der Waals surface area contributed by atoms with Crippen LogP contribution >= 0.6 is 24.8 Å². The molecular formula is C19H36Cl2N2. The average Bonchev–Trinajstić information content (AvgIpc) is 2.55. The topological polar surface area (TPSA) is 6.48 Å². The van der Waals surface area contributed by atoms with Crippen molar-refractivity contribution in [3.8, 4) is 0 Å². The van der Waals surface area contributed by atoms with Gasteiger partial charge in [0, 0.05) is 19.6 Å². The summed E-state index contributed by atoms with van der Waals surface area (Å²) >= 11 is 0. The molecule has 5 rings (SSSR count). The van der Waals surface area contributed by atoms with Crippen LogP contribution in [0.3, 0.4) is 0 Å². The van der Waals surface area contributed by atoms with Gasteiger partial charge in [-0.05, 0) is 81.8 Å². The normalized spacial score (nSPS) is 38.1. The van der Waals surface area contributed by atoms with Crippen molar-refractivity contribution < 1.29 is 0 Å². The molecule has 23 heavy (non-hydrogen) atoms. The minimum Gasteiger partial charge on any atom is -0.302 e. The minimum atomic E-state index is 0. The monoisotopic (exact) mass is 362 g/mol. The van der Waals surface area contributed by atoms with Crippen LogP contribution in [-0.2, 0) is 0 Å². The second-order valence-electron chi connectivity index (χ2n) is 8.57. The first kappa shape index (κ1) is 19.8. The first-order valence-electron chi connectivity index (χ1n) is 9.79. The van der Waals surface area contributed by atoms with Gasteiger partial charge < -0.3 is 9.80 Å². The molecular weight excluding hydrogens is 327 g/mol. The molecule has 2 nitrogen and oxygen atoms in total. The van der Waals surface area contributed by atoms with Crippen molar-refractivity contribution in [3.63, 3.8) is 0 Å². The van der Waals surface area contributed by atoms with Crippen LogP contribution in [0.4, 0.5) is 0 Å². The van der Waals surface area contributed by atoms with E-state index < -0.39 is 0 Å². The minimum absolute atomic E-state index is 0. The van der Waals surface area contributed by atoms with E-state index in [-0.39, 0.29) is 24.8 Å². The van der Waals surface area contributed by atoms with E-state index in [2.05, 4.69) is 9.80 Å². The van der Waals surface area contributed by atoms with Crippen LogP contribution in [0.25, 0.3) is 0 Å². The number of nitrogens with zero attached hydrogens (tertiary/aromatic N) is 2. The second-order valence-corrected chi connectivity index (χ2v) is 8.57. The molecule has 1 spiro atoms. The third-order valence-corrected chi connectivity index (χ3v) is 7.28. The molecule has 0 aromatic heterocycles. The molecule has 0 radical (unpaired) electrons. The summed E-state index contributed by atoms with van der Waals surface area (Å²) < 4.78 is 0. The van der Waals surface area contributed by atoms with Crippen LogP contribution in [0.5, 0.6) is 0 Å². The maximum absolute atomic E-state index is 2.85. The zero-order chi connectivity index (χ0) is 14.1. The molecule has 5 fully saturated rings. The van der Waals surface area contributed by atoms with Crippen molar-refractivity contribution in [2.24, 2.45) is 17.3 Å². The second kappa shape index (κ2) is 8.74. The highest BCUT2D eigenvalue weighted by atomic mass is 35.5. The lowest BCUT2D eigenvalue weighted by molar-refractivity contribution is -0.0552. The van der Waals surface area contributed by atoms with Crippen LogP contribution in [0.15, 0.2) is 0 Å². The summed E-state index contributed by atoms with van der Waals surface area (Å²) in [6.45, 7) is 8.24. The molecule has 1 unspecified atom stereocenters. The van der Waals surface area contributed by atoms with Gasteiger partial charge in [-0.3, -0.25) is 0 Å². The number of fused-ring (bicyclic) bond motifs is 2. The molecule has 4 heteroatoms. The SMILES string of the molecule is C1CCN(CCN2CCCC3(CC4CCC3CC4)C2)CC1.Cl.Cl. The molecule has 2 heterocycles. The molecule has 0 aromatic rings. The van der Waals surface area contributed by atoms with Gasteiger partial charge in [0.05, 0.1) is 0 Å². The Hall–Kier alpha value is 0.500. The summed E-state index contributed by atoms with van der Waals surface area (Å²) in [5, 5.41) is 0. The number of rotatable bonds is 3. The van der Waals surface area contributed by atoms with E-state index in [0.29, 0.717) is 0 Å². The van der Waals surface area contributed by atoms with Crippen LogP contribution in [-0.4, -0.2) is 49.1 Å². The van der Waals surface area contributed by atoms with Gasteiger partial charge in [-0.25, -0.2) is 0 Å². The van der Waals surface area contributed by atoms with Gasteiger partial charge >= 0.3 is 0 Å². The fourth-order valence-corrected chi connectivity index (χ4v) is 6.14. The molecule has 3 aliphatic carbocycles. The Morgan fingerprint density at radius 3 is 2.04 bits per heavy atom. The summed E-state index contributed by atoms with van der Waals surface area (Å²) in [7, 11) is 0. The Labute approximate surface area is 155 Å². The largest absolute Gasteiger partial charge is 0.302 e. The van der Waals surface area contributed by atoms with E-state index in [4.69, 9.17) is 0 Å². The van der Waals surface area contributed by atoms with E-state index in [1.807, 2.05) is 0 Å². The highest BCUT2D eigenvalue weighted by Gasteiger charge is 2.48. The third-order valence-electron chi connectivity index (χ3n) is 7.28. The molecule has 2 saturated heterocycles. The maximum atomic E-state index is 2.85. The molecule has 0 aromatic carbocycles. The van der Waals surface area contributed by atoms with Gasteiger partial charge in [0.25, 0.3) is 0 Å². The molecule has 136 valence electrons. The van der Waals surface area contributed by atoms with Gasteiger partial charge in [-0.1, -0.05) is 19.3 Å². The van der Waals surface area contributed by atoms with Crippen LogP contribution < -0.4 is 0 Å². The number of hydrogen-bond donors (Lipinski definition) is 0. The van der Waals surface area contributed by atoms with Crippen molar-refractivity contribution >= 4 is 24.8 Å². The number of piperidine rings is 2. The first-order chi connectivity index (χ1) is 10.3. The van der Waals surface area contributed by atoms with Crippen molar-refractivity contribution in [2.75, 3.05) is 39.3 Å². The quantitative estimate of drug-likeness (QED) is 0.723. The van der Waals surface area contributed by atoms with Gasteiger partial charge in [-0.2, -0.15) is 0 Å². The van der Waals surface area contributed by atoms with Crippen molar-refractivity contribution in [2.45, 2.75) is 64.2 Å². The smallest absolute Gasteiger partial charge is 0.0110 e. The lowest BCUT2D eigenvalue weighted by Crippen LogP contribution is -2.53. The van der Waals surface area contributed by atoms with Crippen molar-refractivity contribution in [3.05, 3.63) is 0 Å². The summed E-state index contributed by atoms with van der Waals surface area (Å²) in [6.07, 6.45) is 15.2. The molecule has 5 aliphatic rings. The standard InChI is InChI=1S/C19H34N2.2ClH/c1-2-10-20(11-3-1)13-14-21-12-4-9-19(16-21)15-17-5-7-18(19)8-6-17;;/h17-18H,1-16H2;2*1H. The zero-order valence-corrected chi connectivity index (χ0v) is 16.3. The van der Waals surface area contributed by atoms with E-state index in [1.54, 1.807) is 38.5 Å². The lowest BCUT2D eigenvalue weighted by atomic mass is 9.53. The molecule has 1 atom stereocenters. The van der Waals surface area contributed by atoms with Crippen LogP contribution in [0.1, 0.15) is 64.2 Å². The average molecular weight is 363 g/mol. The maximum Gasteiger partial charge on any atom is 0.0110 e. The summed E-state index contributed by atoms with van der Waals surface area (Å²) in [5.74, 6) is 2.18. The fraction of sp³-hybridized carbons (Fsp3) is 1.00. The number of likely N-dealkylation sites (tertiary alicyclic amines) is 2. The van der Waals surface area contributed by atoms with E-state index in [9.17, 15) is 0 Å². The van der Waals surface area contributed by atoms with E-state index >= 15 is 0 Å². The molecule has 0 N–H and O–H groups in total. The van der Waals surface area contributed by atoms with Gasteiger partial charge in [0.2, 0.25) is 0 Å². The molecule has 0 amide bonds. The first-order valence-corrected chi connectivity index (χ1v) is 9.79. The van der Waals surface area contributed by atoms with Crippen LogP contribution in [0.2, 0.25) is 0 Å². The zero-order valence-electron chi connectivity index (χ0n) is 14.7. The third kappa shape index (κ3) is 4.37. The summed E-state index contributed by atoms with van der Waals surface area (Å²) in [5.41, 5.74) is 0.751. The Kier molecular flexibility index (Phi) is 7.53. The fourth-order valence-electron chi connectivity index (χ4n) is 6.14. The van der Waals surface area contributed by atoms with Crippen molar-refractivity contribution in [1.29, 1.82) is 0 Å².